The summed E-state index contributed by atoms with van der Waals surface area (Å²) in [6.07, 6.45) is 2.31. The Balaban J connectivity index is 1.80. The summed E-state index contributed by atoms with van der Waals surface area (Å²) in [7, 11) is 0. The maximum Gasteiger partial charge on any atom is 0.344 e. The molecule has 5 heteroatoms. The van der Waals surface area contributed by atoms with Crippen LogP contribution in [0.3, 0.4) is 0 Å². The molecule has 2 aromatic carbocycles. The van der Waals surface area contributed by atoms with E-state index in [4.69, 9.17) is 14.2 Å². The molecule has 0 aliphatic carbocycles. The van der Waals surface area contributed by atoms with Crippen molar-refractivity contribution < 1.29 is 23.8 Å². The van der Waals surface area contributed by atoms with Gasteiger partial charge in [-0.25, -0.2) is 9.59 Å². The van der Waals surface area contributed by atoms with Gasteiger partial charge in [0.25, 0.3) is 0 Å². The summed E-state index contributed by atoms with van der Waals surface area (Å²) in [6.45, 7) is 2.69. The predicted octanol–water partition coefficient (Wildman–Crippen LogP) is 1.29. The van der Waals surface area contributed by atoms with Gasteiger partial charge < -0.3 is 14.2 Å². The summed E-state index contributed by atoms with van der Waals surface area (Å²) in [6, 6.07) is 10.6. The first-order chi connectivity index (χ1) is 11.7. The van der Waals surface area contributed by atoms with E-state index < -0.39 is 11.9 Å². The lowest BCUT2D eigenvalue weighted by Crippen LogP contribution is -2.10. The standard InChI is InChI=1S/C19H14O5/c1-2-7-22-13-5-3-11(4-6-13)18-14-10-15-12(9-17(20)23-15)8-16(14)24-19(18)21/h3-6,8-10H,2,7H2,1H3. The van der Waals surface area contributed by atoms with E-state index in [-0.39, 0.29) is 0 Å². The number of ether oxygens (including phenoxy) is 3. The van der Waals surface area contributed by atoms with E-state index in [0.29, 0.717) is 34.1 Å². The smallest absolute Gasteiger partial charge is 0.344 e. The van der Waals surface area contributed by atoms with Gasteiger partial charge in [0, 0.05) is 16.5 Å². The largest absolute Gasteiger partial charge is 0.494 e. The Morgan fingerprint density at radius 3 is 2.54 bits per heavy atom. The highest BCUT2D eigenvalue weighted by molar-refractivity contribution is 6.19. The van der Waals surface area contributed by atoms with Gasteiger partial charge in [0.1, 0.15) is 17.2 Å². The van der Waals surface area contributed by atoms with Crippen LogP contribution in [0.25, 0.3) is 11.6 Å². The molecule has 2 aromatic rings. The molecule has 0 N–H and O–H groups in total. The molecular formula is C19H14O5. The highest BCUT2D eigenvalue weighted by Crippen LogP contribution is 2.25. The topological polar surface area (TPSA) is 61.8 Å². The first-order valence-corrected chi connectivity index (χ1v) is 7.73. The third kappa shape index (κ3) is 2.34. The van der Waals surface area contributed by atoms with Crippen LogP contribution in [0, 0.1) is 0 Å². The van der Waals surface area contributed by atoms with Gasteiger partial charge >= 0.3 is 11.9 Å². The van der Waals surface area contributed by atoms with E-state index in [1.165, 1.54) is 6.08 Å². The van der Waals surface area contributed by atoms with Crippen LogP contribution in [0.2, 0.25) is 0 Å². The summed E-state index contributed by atoms with van der Waals surface area (Å²) in [5, 5.41) is 1.25. The second-order valence-corrected chi connectivity index (χ2v) is 5.59. The minimum absolute atomic E-state index is 0.415. The molecule has 24 heavy (non-hydrogen) atoms. The van der Waals surface area contributed by atoms with Crippen LogP contribution in [-0.4, -0.2) is 18.5 Å². The quantitative estimate of drug-likeness (QED) is 0.627. The Kier molecular flexibility index (Phi) is 3.34. The number of benzene rings is 2. The maximum atomic E-state index is 12.3. The number of rotatable bonds is 4. The van der Waals surface area contributed by atoms with Crippen molar-refractivity contribution in [2.45, 2.75) is 13.3 Å². The van der Waals surface area contributed by atoms with Gasteiger partial charge in [0.2, 0.25) is 0 Å². The van der Waals surface area contributed by atoms with Crippen LogP contribution >= 0.6 is 0 Å². The van der Waals surface area contributed by atoms with Crippen LogP contribution in [0.15, 0.2) is 36.4 Å². The van der Waals surface area contributed by atoms with Crippen molar-refractivity contribution in [1.82, 2.24) is 0 Å². The van der Waals surface area contributed by atoms with Crippen molar-refractivity contribution in [3.05, 3.63) is 52.4 Å². The van der Waals surface area contributed by atoms with Gasteiger partial charge in [-0.1, -0.05) is 19.1 Å². The lowest BCUT2D eigenvalue weighted by atomic mass is 10.0. The number of carbonyl (C=O) groups is 2. The van der Waals surface area contributed by atoms with Gasteiger partial charge in [0.05, 0.1) is 12.2 Å². The molecule has 0 atom stereocenters. The van der Waals surface area contributed by atoms with Gasteiger partial charge in [-0.3, -0.25) is 0 Å². The molecule has 2 aliphatic rings. The normalized spacial score (nSPS) is 14.6. The Hall–Kier alpha value is -3.08. The van der Waals surface area contributed by atoms with Crippen molar-refractivity contribution in [2.24, 2.45) is 0 Å². The van der Waals surface area contributed by atoms with Crippen LogP contribution in [-0.2, 0) is 9.59 Å². The summed E-state index contributed by atoms with van der Waals surface area (Å²) in [5.74, 6) is 0.804. The maximum absolute atomic E-state index is 12.3. The predicted molar refractivity (Wildman–Crippen MR) is 86.2 cm³/mol. The summed E-state index contributed by atoms with van der Waals surface area (Å²) < 4.78 is 16.0. The van der Waals surface area contributed by atoms with Gasteiger partial charge in [-0.2, -0.15) is 0 Å². The molecule has 0 radical (unpaired) electrons. The molecule has 0 aromatic heterocycles. The van der Waals surface area contributed by atoms with Crippen LogP contribution in [0.1, 0.15) is 18.9 Å². The second-order valence-electron chi connectivity index (χ2n) is 5.59. The van der Waals surface area contributed by atoms with E-state index in [0.717, 1.165) is 17.7 Å². The zero-order valence-corrected chi connectivity index (χ0v) is 13.0. The average molecular weight is 322 g/mol. The van der Waals surface area contributed by atoms with E-state index >= 15 is 0 Å². The number of fused-ring (bicyclic) bond motifs is 2. The molecule has 0 amide bonds. The van der Waals surface area contributed by atoms with E-state index in [1.54, 1.807) is 12.1 Å². The minimum atomic E-state index is -0.418. The summed E-state index contributed by atoms with van der Waals surface area (Å²) in [4.78, 5) is 23.6. The Bertz CT molecular complexity index is 970. The molecular weight excluding hydrogens is 308 g/mol. The minimum Gasteiger partial charge on any atom is -0.494 e. The van der Waals surface area contributed by atoms with Gasteiger partial charge in [-0.05, 0) is 36.2 Å². The Labute approximate surface area is 137 Å². The van der Waals surface area contributed by atoms with Crippen LogP contribution < -0.4 is 24.6 Å². The van der Waals surface area contributed by atoms with E-state index in [2.05, 4.69) is 0 Å². The van der Waals surface area contributed by atoms with E-state index in [1.807, 2.05) is 31.2 Å². The molecule has 0 bridgehead atoms. The first-order valence-electron chi connectivity index (χ1n) is 7.73. The Morgan fingerprint density at radius 2 is 1.79 bits per heavy atom. The van der Waals surface area contributed by atoms with Crippen molar-refractivity contribution in [1.29, 1.82) is 0 Å². The highest BCUT2D eigenvalue weighted by atomic mass is 16.5. The first kappa shape index (κ1) is 14.5. The van der Waals surface area contributed by atoms with Crippen molar-refractivity contribution in [3.8, 4) is 17.2 Å². The van der Waals surface area contributed by atoms with Crippen molar-refractivity contribution in [3.63, 3.8) is 0 Å². The van der Waals surface area contributed by atoms with Crippen LogP contribution in [0.4, 0.5) is 0 Å². The zero-order valence-electron chi connectivity index (χ0n) is 13.0. The third-order valence-electron chi connectivity index (χ3n) is 3.89. The molecule has 0 fully saturated rings. The molecule has 0 unspecified atom stereocenters. The van der Waals surface area contributed by atoms with Gasteiger partial charge in [0.15, 0.2) is 0 Å². The fourth-order valence-electron chi connectivity index (χ4n) is 2.79. The average Bonchev–Trinajstić information content (AvgIpc) is 3.08. The molecule has 2 heterocycles. The molecule has 5 nitrogen and oxygen atoms in total. The van der Waals surface area contributed by atoms with Crippen LogP contribution in [0.5, 0.6) is 17.2 Å². The zero-order chi connectivity index (χ0) is 16.7. The number of carbonyl (C=O) groups excluding carboxylic acids is 2. The second kappa shape index (κ2) is 5.53. The van der Waals surface area contributed by atoms with Gasteiger partial charge in [-0.15, -0.1) is 0 Å². The van der Waals surface area contributed by atoms with Crippen molar-refractivity contribution >= 4 is 23.6 Å². The molecule has 120 valence electrons. The SMILES string of the molecule is CCCOc1ccc(C2=c3cc4c(cc3OC2=O)=CC(=O)O4)cc1. The highest BCUT2D eigenvalue weighted by Gasteiger charge is 2.26. The van der Waals surface area contributed by atoms with Crippen molar-refractivity contribution in [2.75, 3.05) is 6.61 Å². The molecule has 0 spiro atoms. The fourth-order valence-corrected chi connectivity index (χ4v) is 2.79. The Morgan fingerprint density at radius 1 is 1.00 bits per heavy atom. The lowest BCUT2D eigenvalue weighted by Gasteiger charge is -2.05. The summed E-state index contributed by atoms with van der Waals surface area (Å²) in [5.41, 5.74) is 1.19. The molecule has 2 aliphatic heterocycles. The monoisotopic (exact) mass is 322 g/mol. The number of hydrogen-bond donors (Lipinski definition) is 0. The van der Waals surface area contributed by atoms with E-state index in [9.17, 15) is 9.59 Å². The third-order valence-corrected chi connectivity index (χ3v) is 3.89. The number of esters is 2. The summed E-state index contributed by atoms with van der Waals surface area (Å²) >= 11 is 0. The lowest BCUT2D eigenvalue weighted by molar-refractivity contribution is -0.128. The molecule has 0 saturated heterocycles. The molecule has 4 rings (SSSR count). The fraction of sp³-hybridized carbons (Fsp3) is 0.158. The number of hydrogen-bond acceptors (Lipinski definition) is 5. The molecule has 0 saturated carbocycles.